The molecule has 3 fully saturated rings. The second-order valence-corrected chi connectivity index (χ2v) is 10.4. The second kappa shape index (κ2) is 8.98. The quantitative estimate of drug-likeness (QED) is 0.337. The molecule has 0 bridgehead atoms. The molecule has 0 spiro atoms. The monoisotopic (exact) mass is 524 g/mol. The Morgan fingerprint density at radius 2 is 1.71 bits per heavy atom. The first-order chi connectivity index (χ1) is 16.3. The Hall–Kier alpha value is -3.00. The van der Waals surface area contributed by atoms with Crippen LogP contribution in [-0.4, -0.2) is 30.2 Å². The van der Waals surface area contributed by atoms with Crippen LogP contribution in [0.5, 0.6) is 5.75 Å². The smallest absolute Gasteiger partial charge is 0.316 e. The van der Waals surface area contributed by atoms with Crippen LogP contribution in [0.3, 0.4) is 0 Å². The number of esters is 1. The molecule has 7 nitrogen and oxygen atoms in total. The number of imide groups is 1. The average molecular weight is 525 g/mol. The van der Waals surface area contributed by atoms with E-state index in [1.165, 1.54) is 4.90 Å². The highest BCUT2D eigenvalue weighted by Crippen LogP contribution is 2.42. The number of rotatable bonds is 4. The van der Waals surface area contributed by atoms with Gasteiger partial charge < -0.3 is 9.64 Å². The molecule has 4 atom stereocenters. The highest BCUT2D eigenvalue weighted by molar-refractivity contribution is 9.10. The Bertz CT molecular complexity index is 1160. The molecule has 2 aromatic carbocycles. The third kappa shape index (κ3) is 4.15. The maximum absolute atomic E-state index is 13.0. The van der Waals surface area contributed by atoms with Crippen molar-refractivity contribution >= 4 is 51.0 Å². The van der Waals surface area contributed by atoms with E-state index < -0.39 is 11.9 Å². The topological polar surface area (TPSA) is 84.0 Å². The molecule has 2 aromatic rings. The Morgan fingerprint density at radius 1 is 0.971 bits per heavy atom. The number of benzene rings is 2. The molecule has 0 N–H and O–H groups in total. The molecule has 0 radical (unpaired) electrons. The minimum Gasteiger partial charge on any atom is -0.426 e. The van der Waals surface area contributed by atoms with Gasteiger partial charge in [-0.25, -0.2) is 4.90 Å². The largest absolute Gasteiger partial charge is 0.426 e. The molecule has 5 rings (SSSR count). The molecule has 3 amide bonds. The molecule has 8 heteroatoms. The lowest BCUT2D eigenvalue weighted by atomic mass is 9.76. The molecule has 3 aliphatic rings. The number of hydrogen-bond donors (Lipinski definition) is 0. The molecule has 176 valence electrons. The second-order valence-electron chi connectivity index (χ2n) is 9.44. The van der Waals surface area contributed by atoms with E-state index in [4.69, 9.17) is 4.74 Å². The van der Waals surface area contributed by atoms with Crippen LogP contribution in [0.25, 0.3) is 0 Å². The van der Waals surface area contributed by atoms with E-state index in [0.29, 0.717) is 11.6 Å². The van der Waals surface area contributed by atoms with Gasteiger partial charge in [-0.05, 0) is 61.6 Å². The van der Waals surface area contributed by atoms with Gasteiger partial charge in [-0.1, -0.05) is 28.9 Å². The van der Waals surface area contributed by atoms with Crippen LogP contribution in [-0.2, 0) is 19.2 Å². The zero-order chi connectivity index (χ0) is 24.0. The van der Waals surface area contributed by atoms with Crippen LogP contribution < -0.4 is 14.5 Å². The number of carbonyl (C=O) groups is 4. The van der Waals surface area contributed by atoms with Crippen molar-refractivity contribution in [2.24, 2.45) is 23.7 Å². The van der Waals surface area contributed by atoms with Gasteiger partial charge in [0.2, 0.25) is 17.7 Å². The van der Waals surface area contributed by atoms with Crippen molar-refractivity contribution in [3.8, 4) is 5.75 Å². The SMILES string of the molecule is C[C@@H]1CC[C@@H]2C(=O)N(c3cccc(OC(=O)[C@H]4CC(=O)N(c5ccc(Br)cc5)C4)c3)C(=O)[C@H]2C1. The average Bonchev–Trinajstić information content (AvgIpc) is 3.32. The first-order valence-corrected chi connectivity index (χ1v) is 12.4. The predicted molar refractivity (Wildman–Crippen MR) is 129 cm³/mol. The van der Waals surface area contributed by atoms with Crippen LogP contribution in [0.1, 0.15) is 32.6 Å². The lowest BCUT2D eigenvalue weighted by Crippen LogP contribution is -2.31. The Kier molecular flexibility index (Phi) is 6.02. The molecule has 0 aromatic heterocycles. The third-order valence-electron chi connectivity index (χ3n) is 7.08. The lowest BCUT2D eigenvalue weighted by molar-refractivity contribution is -0.139. The molecule has 2 saturated heterocycles. The Labute approximate surface area is 206 Å². The molecule has 34 heavy (non-hydrogen) atoms. The van der Waals surface area contributed by atoms with E-state index in [1.54, 1.807) is 29.2 Å². The summed E-state index contributed by atoms with van der Waals surface area (Å²) in [6.07, 6.45) is 2.47. The molecule has 1 aliphatic carbocycles. The summed E-state index contributed by atoms with van der Waals surface area (Å²) in [6, 6.07) is 13.8. The zero-order valence-electron chi connectivity index (χ0n) is 18.8. The van der Waals surface area contributed by atoms with E-state index in [9.17, 15) is 19.2 Å². The van der Waals surface area contributed by atoms with Crippen molar-refractivity contribution in [2.75, 3.05) is 16.3 Å². The summed E-state index contributed by atoms with van der Waals surface area (Å²) in [6.45, 7) is 2.35. The molecule has 2 aliphatic heterocycles. The van der Waals surface area contributed by atoms with Crippen molar-refractivity contribution in [1.82, 2.24) is 0 Å². The summed E-state index contributed by atoms with van der Waals surface area (Å²) < 4.78 is 6.49. The zero-order valence-corrected chi connectivity index (χ0v) is 20.4. The minimum atomic E-state index is -0.598. The minimum absolute atomic E-state index is 0.0687. The summed E-state index contributed by atoms with van der Waals surface area (Å²) in [5, 5.41) is 0. The summed E-state index contributed by atoms with van der Waals surface area (Å²) >= 11 is 3.38. The third-order valence-corrected chi connectivity index (χ3v) is 7.61. The predicted octanol–water partition coefficient (Wildman–Crippen LogP) is 4.33. The van der Waals surface area contributed by atoms with Crippen LogP contribution in [0.4, 0.5) is 11.4 Å². The Balaban J connectivity index is 1.28. The van der Waals surface area contributed by atoms with Gasteiger partial charge in [0.05, 0.1) is 23.4 Å². The van der Waals surface area contributed by atoms with E-state index in [2.05, 4.69) is 22.9 Å². The summed E-state index contributed by atoms with van der Waals surface area (Å²) in [5.74, 6) is -1.43. The molecular formula is C26H25BrN2O5. The Morgan fingerprint density at radius 3 is 2.47 bits per heavy atom. The highest BCUT2D eigenvalue weighted by Gasteiger charge is 2.50. The van der Waals surface area contributed by atoms with Gasteiger partial charge in [-0.3, -0.25) is 19.2 Å². The van der Waals surface area contributed by atoms with Gasteiger partial charge in [0, 0.05) is 29.2 Å². The van der Waals surface area contributed by atoms with Crippen molar-refractivity contribution in [3.63, 3.8) is 0 Å². The summed E-state index contributed by atoms with van der Waals surface area (Å²) in [7, 11) is 0. The normalized spacial score (nSPS) is 26.7. The van der Waals surface area contributed by atoms with Gasteiger partial charge >= 0.3 is 5.97 Å². The summed E-state index contributed by atoms with van der Waals surface area (Å²) in [4.78, 5) is 54.2. The number of amides is 3. The van der Waals surface area contributed by atoms with Crippen molar-refractivity contribution in [1.29, 1.82) is 0 Å². The van der Waals surface area contributed by atoms with Crippen molar-refractivity contribution in [2.45, 2.75) is 32.6 Å². The number of fused-ring (bicyclic) bond motifs is 1. The standard InChI is InChI=1S/C26H25BrN2O5/c1-15-5-10-21-22(11-15)25(32)29(24(21)31)19-3-2-4-20(13-19)34-26(33)16-12-23(30)28(14-16)18-8-6-17(27)7-9-18/h2-4,6-9,13,15-16,21-22H,5,10-12,14H2,1H3/t15-,16+,21+,22+/m1/s1. The number of nitrogens with zero attached hydrogens (tertiary/aromatic N) is 2. The number of carbonyl (C=O) groups excluding carboxylic acids is 4. The van der Waals surface area contributed by atoms with Crippen molar-refractivity contribution < 1.29 is 23.9 Å². The first-order valence-electron chi connectivity index (χ1n) is 11.6. The van der Waals surface area contributed by atoms with Crippen LogP contribution in [0.2, 0.25) is 0 Å². The maximum Gasteiger partial charge on any atom is 0.316 e. The van der Waals surface area contributed by atoms with Gasteiger partial charge in [0.1, 0.15) is 5.75 Å². The van der Waals surface area contributed by atoms with Gasteiger partial charge in [-0.2, -0.15) is 0 Å². The molecule has 1 saturated carbocycles. The fourth-order valence-corrected chi connectivity index (χ4v) is 5.53. The fraction of sp³-hybridized carbons (Fsp3) is 0.385. The fourth-order valence-electron chi connectivity index (χ4n) is 5.27. The first kappa shape index (κ1) is 22.8. The van der Waals surface area contributed by atoms with E-state index in [1.807, 2.05) is 24.3 Å². The number of ether oxygens (including phenoxy) is 1. The molecule has 0 unspecified atom stereocenters. The highest BCUT2D eigenvalue weighted by atomic mass is 79.9. The lowest BCUT2D eigenvalue weighted by Gasteiger charge is -2.25. The molecule has 2 heterocycles. The van der Waals surface area contributed by atoms with E-state index in [-0.39, 0.29) is 48.3 Å². The van der Waals surface area contributed by atoms with Crippen LogP contribution >= 0.6 is 15.9 Å². The van der Waals surface area contributed by atoms with Crippen LogP contribution in [0, 0.1) is 23.7 Å². The number of hydrogen-bond acceptors (Lipinski definition) is 5. The van der Waals surface area contributed by atoms with Crippen molar-refractivity contribution in [3.05, 3.63) is 53.0 Å². The summed E-state index contributed by atoms with van der Waals surface area (Å²) in [5.41, 5.74) is 1.15. The van der Waals surface area contributed by atoms with Gasteiger partial charge in [0.25, 0.3) is 0 Å². The van der Waals surface area contributed by atoms with Crippen LogP contribution in [0.15, 0.2) is 53.0 Å². The number of anilines is 2. The van der Waals surface area contributed by atoms with Gasteiger partial charge in [0.15, 0.2) is 0 Å². The van der Waals surface area contributed by atoms with Gasteiger partial charge in [-0.15, -0.1) is 0 Å². The number of halogens is 1. The maximum atomic E-state index is 13.0. The van der Waals surface area contributed by atoms with E-state index >= 15 is 0 Å². The molecular weight excluding hydrogens is 500 g/mol. The van der Waals surface area contributed by atoms with E-state index in [0.717, 1.165) is 29.4 Å².